The third-order valence-corrected chi connectivity index (χ3v) is 3.66. The predicted octanol–water partition coefficient (Wildman–Crippen LogP) is 1.51. The van der Waals surface area contributed by atoms with Crippen molar-refractivity contribution in [2.75, 3.05) is 11.4 Å². The van der Waals surface area contributed by atoms with Crippen molar-refractivity contribution in [1.29, 1.82) is 0 Å². The lowest BCUT2D eigenvalue weighted by Gasteiger charge is -2.24. The van der Waals surface area contributed by atoms with Crippen molar-refractivity contribution < 1.29 is 4.79 Å². The van der Waals surface area contributed by atoms with E-state index in [-0.39, 0.29) is 17.5 Å². The fraction of sp³-hybridized carbons (Fsp3) is 0.250. The molecule has 2 N–H and O–H groups in total. The second kappa shape index (κ2) is 5.54. The summed E-state index contributed by atoms with van der Waals surface area (Å²) in [5.74, 6) is -0.103. The average molecular weight is 283 g/mol. The number of nitrogens with one attached hydrogen (secondary N) is 2. The van der Waals surface area contributed by atoms with Gasteiger partial charge in [0.1, 0.15) is 0 Å². The van der Waals surface area contributed by atoms with Crippen molar-refractivity contribution in [3.05, 3.63) is 64.1 Å². The Balaban J connectivity index is 2.01. The number of fused-ring (bicyclic) bond motifs is 1. The monoisotopic (exact) mass is 283 g/mol. The number of rotatable bonds is 1. The first-order valence-electron chi connectivity index (χ1n) is 6.97. The zero-order valence-corrected chi connectivity index (χ0v) is 11.8. The predicted molar refractivity (Wildman–Crippen MR) is 81.5 cm³/mol. The van der Waals surface area contributed by atoms with E-state index in [0.717, 1.165) is 17.8 Å². The van der Waals surface area contributed by atoms with Gasteiger partial charge in [0.2, 0.25) is 5.56 Å². The van der Waals surface area contributed by atoms with E-state index >= 15 is 0 Å². The van der Waals surface area contributed by atoms with Gasteiger partial charge in [0.05, 0.1) is 5.56 Å². The van der Waals surface area contributed by atoms with Crippen molar-refractivity contribution >= 4 is 11.6 Å². The maximum atomic E-state index is 12.7. The zero-order valence-electron chi connectivity index (χ0n) is 11.8. The zero-order chi connectivity index (χ0) is 14.8. The number of carbonyl (C=O) groups is 1. The number of aromatic amines is 1. The van der Waals surface area contributed by atoms with E-state index in [1.165, 1.54) is 12.3 Å². The number of anilines is 1. The Morgan fingerprint density at radius 2 is 2.05 bits per heavy atom. The molecule has 1 atom stereocenters. The number of para-hydroxylation sites is 1. The van der Waals surface area contributed by atoms with Gasteiger partial charge in [-0.3, -0.25) is 9.59 Å². The Morgan fingerprint density at radius 1 is 1.24 bits per heavy atom. The number of hydrogen-bond donors (Lipinski definition) is 2. The lowest BCUT2D eigenvalue weighted by atomic mass is 10.1. The van der Waals surface area contributed by atoms with Gasteiger partial charge in [-0.1, -0.05) is 18.2 Å². The second-order valence-corrected chi connectivity index (χ2v) is 5.27. The smallest absolute Gasteiger partial charge is 0.259 e. The van der Waals surface area contributed by atoms with Gasteiger partial charge in [0.15, 0.2) is 0 Å². The first-order valence-corrected chi connectivity index (χ1v) is 6.97. The molecule has 1 aliphatic heterocycles. The summed E-state index contributed by atoms with van der Waals surface area (Å²) in [6, 6.07) is 11.0. The summed E-state index contributed by atoms with van der Waals surface area (Å²) in [4.78, 5) is 28.2. The minimum Gasteiger partial charge on any atom is -0.328 e. The Labute approximate surface area is 122 Å². The van der Waals surface area contributed by atoms with E-state index in [9.17, 15) is 9.59 Å². The molecule has 5 nitrogen and oxygen atoms in total. The highest BCUT2D eigenvalue weighted by atomic mass is 16.2. The molecule has 0 bridgehead atoms. The van der Waals surface area contributed by atoms with Gasteiger partial charge in [-0.2, -0.15) is 0 Å². The Kier molecular flexibility index (Phi) is 3.58. The minimum absolute atomic E-state index is 0.103. The number of carbonyl (C=O) groups excluding carboxylic acids is 1. The maximum Gasteiger partial charge on any atom is 0.259 e. The van der Waals surface area contributed by atoms with E-state index in [4.69, 9.17) is 0 Å². The highest BCUT2D eigenvalue weighted by Crippen LogP contribution is 2.24. The molecule has 2 aromatic rings. The van der Waals surface area contributed by atoms with Crippen LogP contribution >= 0.6 is 0 Å². The highest BCUT2D eigenvalue weighted by molar-refractivity contribution is 6.06. The van der Waals surface area contributed by atoms with Crippen molar-refractivity contribution in [2.45, 2.75) is 19.5 Å². The van der Waals surface area contributed by atoms with Crippen LogP contribution < -0.4 is 15.8 Å². The molecule has 0 saturated heterocycles. The normalized spacial score (nSPS) is 18.0. The first kappa shape index (κ1) is 13.6. The van der Waals surface area contributed by atoms with Crippen LogP contribution in [-0.2, 0) is 6.54 Å². The van der Waals surface area contributed by atoms with Crippen LogP contribution in [0.5, 0.6) is 0 Å². The SMILES string of the molecule is CC1CN(C(=O)c2ccc(=O)[nH]c2)c2ccccc2CN1. The van der Waals surface area contributed by atoms with E-state index in [2.05, 4.69) is 17.2 Å². The van der Waals surface area contributed by atoms with E-state index in [1.54, 1.807) is 11.0 Å². The molecule has 1 aromatic carbocycles. The summed E-state index contributed by atoms with van der Waals surface area (Å²) in [7, 11) is 0. The molecule has 0 radical (unpaired) electrons. The second-order valence-electron chi connectivity index (χ2n) is 5.27. The molecule has 0 fully saturated rings. The number of benzene rings is 1. The van der Waals surface area contributed by atoms with E-state index in [1.807, 2.05) is 24.3 Å². The number of amides is 1. The largest absolute Gasteiger partial charge is 0.328 e. The van der Waals surface area contributed by atoms with Gasteiger partial charge < -0.3 is 15.2 Å². The summed E-state index contributed by atoms with van der Waals surface area (Å²) in [6.07, 6.45) is 1.47. The molecule has 5 heteroatoms. The number of nitrogens with zero attached hydrogens (tertiary/aromatic N) is 1. The minimum atomic E-state index is -0.210. The molecular weight excluding hydrogens is 266 g/mol. The molecule has 0 aliphatic carbocycles. The van der Waals surface area contributed by atoms with Gasteiger partial charge in [-0.05, 0) is 24.6 Å². The van der Waals surface area contributed by atoms with Gasteiger partial charge in [0.25, 0.3) is 5.91 Å². The van der Waals surface area contributed by atoms with Gasteiger partial charge in [-0.25, -0.2) is 0 Å². The molecule has 108 valence electrons. The molecule has 0 saturated carbocycles. The molecule has 1 unspecified atom stereocenters. The fourth-order valence-corrected chi connectivity index (χ4v) is 2.54. The van der Waals surface area contributed by atoms with Crippen molar-refractivity contribution in [1.82, 2.24) is 10.3 Å². The standard InChI is InChI=1S/C16H17N3O2/c1-11-10-19(14-5-3-2-4-12(14)8-17-11)16(21)13-6-7-15(20)18-9-13/h2-7,9,11,17H,8,10H2,1H3,(H,18,20). The van der Waals surface area contributed by atoms with Gasteiger partial charge >= 0.3 is 0 Å². The van der Waals surface area contributed by atoms with Crippen LogP contribution in [0, 0.1) is 0 Å². The van der Waals surface area contributed by atoms with E-state index in [0.29, 0.717) is 12.1 Å². The third-order valence-electron chi connectivity index (χ3n) is 3.66. The lowest BCUT2D eigenvalue weighted by Crippen LogP contribution is -2.39. The Bertz CT molecular complexity index is 703. The Morgan fingerprint density at radius 3 is 2.81 bits per heavy atom. The van der Waals surface area contributed by atoms with Crippen LogP contribution in [-0.4, -0.2) is 23.5 Å². The topological polar surface area (TPSA) is 65.2 Å². The summed E-state index contributed by atoms with van der Waals surface area (Å²) < 4.78 is 0. The first-order chi connectivity index (χ1) is 10.1. The van der Waals surface area contributed by atoms with Gasteiger partial charge in [0, 0.05) is 37.1 Å². The van der Waals surface area contributed by atoms with Crippen LogP contribution in [0.2, 0.25) is 0 Å². The Hall–Kier alpha value is -2.40. The van der Waals surface area contributed by atoms with Crippen LogP contribution in [0.4, 0.5) is 5.69 Å². The van der Waals surface area contributed by atoms with E-state index < -0.39 is 0 Å². The highest BCUT2D eigenvalue weighted by Gasteiger charge is 2.24. The summed E-state index contributed by atoms with van der Waals surface area (Å²) in [6.45, 7) is 3.39. The third kappa shape index (κ3) is 2.73. The van der Waals surface area contributed by atoms with Crippen molar-refractivity contribution in [3.63, 3.8) is 0 Å². The lowest BCUT2D eigenvalue weighted by molar-refractivity contribution is 0.0985. The summed E-state index contributed by atoms with van der Waals surface area (Å²) in [5.41, 5.74) is 2.29. The molecule has 0 spiro atoms. The van der Waals surface area contributed by atoms with Crippen LogP contribution in [0.25, 0.3) is 0 Å². The van der Waals surface area contributed by atoms with Crippen LogP contribution in [0.3, 0.4) is 0 Å². The molecule has 1 aromatic heterocycles. The maximum absolute atomic E-state index is 12.7. The number of hydrogen-bond acceptors (Lipinski definition) is 3. The molecule has 1 aliphatic rings. The summed E-state index contributed by atoms with van der Waals surface area (Å²) in [5, 5.41) is 3.39. The van der Waals surface area contributed by atoms with Crippen molar-refractivity contribution in [2.24, 2.45) is 0 Å². The number of H-pyrrole nitrogens is 1. The van der Waals surface area contributed by atoms with Crippen LogP contribution in [0.1, 0.15) is 22.8 Å². The molecule has 3 rings (SSSR count). The molecular formula is C16H17N3O2. The number of aromatic nitrogens is 1. The number of pyridine rings is 1. The van der Waals surface area contributed by atoms with Crippen LogP contribution in [0.15, 0.2) is 47.4 Å². The quantitative estimate of drug-likeness (QED) is 0.834. The fourth-order valence-electron chi connectivity index (χ4n) is 2.54. The molecule has 2 heterocycles. The average Bonchev–Trinajstić information content (AvgIpc) is 2.67. The van der Waals surface area contributed by atoms with Crippen molar-refractivity contribution in [3.8, 4) is 0 Å². The molecule has 1 amide bonds. The van der Waals surface area contributed by atoms with Gasteiger partial charge in [-0.15, -0.1) is 0 Å². The summed E-state index contributed by atoms with van der Waals surface area (Å²) >= 11 is 0. The molecule has 21 heavy (non-hydrogen) atoms.